The summed E-state index contributed by atoms with van der Waals surface area (Å²) in [6.45, 7) is 0.640. The second-order valence-corrected chi connectivity index (χ2v) is 4.80. The van der Waals surface area contributed by atoms with Crippen molar-refractivity contribution in [3.05, 3.63) is 96.1 Å². The van der Waals surface area contributed by atoms with E-state index in [9.17, 15) is 4.79 Å². The molecule has 0 heterocycles. The van der Waals surface area contributed by atoms with E-state index >= 15 is 0 Å². The summed E-state index contributed by atoms with van der Waals surface area (Å²) in [5.41, 5.74) is 7.15. The van der Waals surface area contributed by atoms with Gasteiger partial charge in [-0.05, 0) is 29.8 Å². The lowest BCUT2D eigenvalue weighted by Gasteiger charge is -2.04. The zero-order chi connectivity index (χ0) is 16.3. The monoisotopic (exact) mass is 305 g/mol. The normalized spacial score (nSPS) is 9.43. The van der Waals surface area contributed by atoms with Crippen molar-refractivity contribution in [3.63, 3.8) is 0 Å². The molecule has 2 N–H and O–H groups in total. The van der Waals surface area contributed by atoms with Gasteiger partial charge in [0.15, 0.2) is 0 Å². The molecule has 0 aliphatic heterocycles. The largest absolute Gasteiger partial charge is 0.457 e. The number of hydrogen-bond acceptors (Lipinski definition) is 3. The van der Waals surface area contributed by atoms with E-state index in [-0.39, 0.29) is 0 Å². The first-order valence-electron chi connectivity index (χ1n) is 7.34. The number of aldehydes is 1. The molecule has 3 aromatic rings. The summed E-state index contributed by atoms with van der Waals surface area (Å²) in [7, 11) is 0. The minimum atomic E-state index is 0.614. The van der Waals surface area contributed by atoms with E-state index in [4.69, 9.17) is 10.5 Å². The minimum absolute atomic E-state index is 0.614. The molecule has 0 unspecified atom stereocenters. The predicted octanol–water partition coefficient (Wildman–Crippen LogP) is 4.44. The first-order chi connectivity index (χ1) is 11.3. The Balaban J connectivity index is 0.000000203. The Morgan fingerprint density at radius 3 is 1.96 bits per heavy atom. The maximum atomic E-state index is 10.6. The molecule has 0 amide bonds. The summed E-state index contributed by atoms with van der Waals surface area (Å²) in [5, 5.41) is 0. The van der Waals surface area contributed by atoms with Crippen molar-refractivity contribution in [1.29, 1.82) is 0 Å². The zero-order valence-corrected chi connectivity index (χ0v) is 12.8. The summed E-state index contributed by atoms with van der Waals surface area (Å²) in [6, 6.07) is 26.5. The van der Waals surface area contributed by atoms with Crippen LogP contribution in [0.4, 0.5) is 0 Å². The summed E-state index contributed by atoms with van der Waals surface area (Å²) < 4.78 is 5.56. The molecule has 0 spiro atoms. The van der Waals surface area contributed by atoms with Crippen molar-refractivity contribution in [1.82, 2.24) is 0 Å². The topological polar surface area (TPSA) is 52.3 Å². The lowest BCUT2D eigenvalue weighted by atomic mass is 10.2. The van der Waals surface area contributed by atoms with Gasteiger partial charge in [0.1, 0.15) is 17.8 Å². The molecule has 0 aliphatic carbocycles. The van der Waals surface area contributed by atoms with Crippen molar-refractivity contribution >= 4 is 6.29 Å². The van der Waals surface area contributed by atoms with Crippen LogP contribution < -0.4 is 10.5 Å². The van der Waals surface area contributed by atoms with Crippen molar-refractivity contribution < 1.29 is 9.53 Å². The van der Waals surface area contributed by atoms with Gasteiger partial charge in [0, 0.05) is 12.1 Å². The number of rotatable bonds is 4. The van der Waals surface area contributed by atoms with Crippen LogP contribution >= 0.6 is 0 Å². The number of carbonyl (C=O) groups is 1. The number of ether oxygens (including phenoxy) is 1. The van der Waals surface area contributed by atoms with Gasteiger partial charge in [-0.2, -0.15) is 0 Å². The quantitative estimate of drug-likeness (QED) is 0.725. The van der Waals surface area contributed by atoms with Gasteiger partial charge < -0.3 is 10.5 Å². The summed E-state index contributed by atoms with van der Waals surface area (Å²) in [5.74, 6) is 1.44. The molecular formula is C20H19NO2. The first-order valence-corrected chi connectivity index (χ1v) is 7.34. The number of benzene rings is 3. The average Bonchev–Trinajstić information content (AvgIpc) is 2.64. The highest BCUT2D eigenvalue weighted by Gasteiger charge is 1.97. The Kier molecular flexibility index (Phi) is 6.57. The molecule has 23 heavy (non-hydrogen) atoms. The number of hydrogen-bond donors (Lipinski definition) is 1. The Hall–Kier alpha value is -2.91. The Bertz CT molecular complexity index is 712. The molecule has 0 atom stereocenters. The zero-order valence-electron chi connectivity index (χ0n) is 12.8. The first kappa shape index (κ1) is 16.5. The van der Waals surface area contributed by atoms with Gasteiger partial charge in [-0.15, -0.1) is 0 Å². The standard InChI is InChI=1S/C13H10O2.C7H9N/c14-10-11-5-4-8-13(9-11)15-12-6-2-1-3-7-12;8-6-7-4-2-1-3-5-7/h1-10H;1-5H,6,8H2. The van der Waals surface area contributed by atoms with Crippen LogP contribution in [-0.2, 0) is 6.54 Å². The highest BCUT2D eigenvalue weighted by molar-refractivity contribution is 5.75. The van der Waals surface area contributed by atoms with Crippen LogP contribution in [0.15, 0.2) is 84.9 Å². The molecule has 116 valence electrons. The smallest absolute Gasteiger partial charge is 0.150 e. The maximum Gasteiger partial charge on any atom is 0.150 e. The summed E-state index contributed by atoms with van der Waals surface area (Å²) in [6.07, 6.45) is 0.803. The second kappa shape index (κ2) is 9.18. The molecule has 3 aromatic carbocycles. The van der Waals surface area contributed by atoms with E-state index in [0.29, 0.717) is 17.9 Å². The number of carbonyl (C=O) groups excluding carboxylic acids is 1. The van der Waals surface area contributed by atoms with Crippen molar-refractivity contribution in [2.24, 2.45) is 5.73 Å². The van der Waals surface area contributed by atoms with E-state index in [1.807, 2.05) is 66.7 Å². The van der Waals surface area contributed by atoms with Crippen molar-refractivity contribution in [3.8, 4) is 11.5 Å². The van der Waals surface area contributed by atoms with E-state index in [1.165, 1.54) is 5.56 Å². The predicted molar refractivity (Wildman–Crippen MR) is 92.7 cm³/mol. The SMILES string of the molecule is NCc1ccccc1.O=Cc1cccc(Oc2ccccc2)c1. The number of nitrogens with two attached hydrogens (primary N) is 1. The van der Waals surface area contributed by atoms with Crippen LogP contribution in [0.25, 0.3) is 0 Å². The van der Waals surface area contributed by atoms with E-state index in [0.717, 1.165) is 12.0 Å². The van der Waals surface area contributed by atoms with E-state index in [1.54, 1.807) is 18.2 Å². The van der Waals surface area contributed by atoms with Gasteiger partial charge >= 0.3 is 0 Å². The van der Waals surface area contributed by atoms with Crippen molar-refractivity contribution in [2.45, 2.75) is 6.54 Å². The lowest BCUT2D eigenvalue weighted by Crippen LogP contribution is -1.94. The van der Waals surface area contributed by atoms with Crippen LogP contribution in [0.5, 0.6) is 11.5 Å². The third kappa shape index (κ3) is 5.77. The van der Waals surface area contributed by atoms with Crippen LogP contribution in [0.1, 0.15) is 15.9 Å². The Labute approximate surface area is 136 Å². The van der Waals surface area contributed by atoms with Gasteiger partial charge in [-0.25, -0.2) is 0 Å². The fourth-order valence-corrected chi connectivity index (χ4v) is 1.89. The highest BCUT2D eigenvalue weighted by atomic mass is 16.5. The fourth-order valence-electron chi connectivity index (χ4n) is 1.89. The van der Waals surface area contributed by atoms with Gasteiger partial charge in [-0.3, -0.25) is 4.79 Å². The Morgan fingerprint density at radius 2 is 1.39 bits per heavy atom. The average molecular weight is 305 g/mol. The molecule has 0 radical (unpaired) electrons. The molecule has 0 saturated heterocycles. The van der Waals surface area contributed by atoms with E-state index < -0.39 is 0 Å². The van der Waals surface area contributed by atoms with Gasteiger partial charge in [0.2, 0.25) is 0 Å². The van der Waals surface area contributed by atoms with Crippen LogP contribution in [0.3, 0.4) is 0 Å². The van der Waals surface area contributed by atoms with E-state index in [2.05, 4.69) is 0 Å². The Morgan fingerprint density at radius 1 is 0.783 bits per heavy atom. The molecule has 3 rings (SSSR count). The number of para-hydroxylation sites is 1. The second-order valence-electron chi connectivity index (χ2n) is 4.80. The fraction of sp³-hybridized carbons (Fsp3) is 0.0500. The van der Waals surface area contributed by atoms with Gasteiger partial charge in [-0.1, -0.05) is 60.7 Å². The van der Waals surface area contributed by atoms with Gasteiger partial charge in [0.25, 0.3) is 0 Å². The molecular weight excluding hydrogens is 286 g/mol. The van der Waals surface area contributed by atoms with Crippen LogP contribution in [0, 0.1) is 0 Å². The van der Waals surface area contributed by atoms with Gasteiger partial charge in [0.05, 0.1) is 0 Å². The summed E-state index contributed by atoms with van der Waals surface area (Å²) >= 11 is 0. The molecule has 0 aliphatic rings. The lowest BCUT2D eigenvalue weighted by molar-refractivity contribution is 0.112. The summed E-state index contributed by atoms with van der Waals surface area (Å²) in [4.78, 5) is 10.6. The highest BCUT2D eigenvalue weighted by Crippen LogP contribution is 2.20. The third-order valence-electron chi connectivity index (χ3n) is 3.05. The molecule has 0 bridgehead atoms. The molecule has 3 nitrogen and oxygen atoms in total. The molecule has 0 fully saturated rings. The molecule has 0 saturated carbocycles. The molecule has 3 heteroatoms. The minimum Gasteiger partial charge on any atom is -0.457 e. The molecule has 0 aromatic heterocycles. The van der Waals surface area contributed by atoms with Crippen LogP contribution in [0.2, 0.25) is 0 Å². The maximum absolute atomic E-state index is 10.6. The van der Waals surface area contributed by atoms with Crippen molar-refractivity contribution in [2.75, 3.05) is 0 Å². The van der Waals surface area contributed by atoms with Crippen LogP contribution in [-0.4, -0.2) is 6.29 Å². The third-order valence-corrected chi connectivity index (χ3v) is 3.05.